The molecule has 1 aliphatic carbocycles. The number of hydrogen-bond acceptors (Lipinski definition) is 3. The molecule has 0 atom stereocenters. The van der Waals surface area contributed by atoms with E-state index in [1.54, 1.807) is 0 Å². The Balaban J connectivity index is 1.11. The topological polar surface area (TPSA) is 23.6 Å². The number of Topliss-reactive ketones (excluding diaryl/α,β-unsaturated/α-hetero) is 1. The summed E-state index contributed by atoms with van der Waals surface area (Å²) in [4.78, 5) is 18.2. The lowest BCUT2D eigenvalue weighted by Gasteiger charge is -2.25. The first-order valence-electron chi connectivity index (χ1n) is 16.2. The van der Waals surface area contributed by atoms with Crippen molar-refractivity contribution in [3.05, 3.63) is 192 Å². The molecule has 0 amide bonds. The maximum absolute atomic E-state index is 13.7. The van der Waals surface area contributed by atoms with E-state index in [-0.39, 0.29) is 5.78 Å². The fourth-order valence-electron chi connectivity index (χ4n) is 6.22. The molecule has 47 heavy (non-hydrogen) atoms. The normalized spacial score (nSPS) is 14.7. The van der Waals surface area contributed by atoms with Crippen LogP contribution >= 0.6 is 0 Å². The second-order valence-corrected chi connectivity index (χ2v) is 11.7. The number of carbonyl (C=O) groups is 1. The van der Waals surface area contributed by atoms with E-state index < -0.39 is 0 Å². The molecular weight excluding hydrogens is 572 g/mol. The molecule has 228 valence electrons. The summed E-state index contributed by atoms with van der Waals surface area (Å²) in [6, 6.07) is 58.5. The molecule has 0 unspecified atom stereocenters. The van der Waals surface area contributed by atoms with Crippen molar-refractivity contribution in [3.63, 3.8) is 0 Å². The van der Waals surface area contributed by atoms with E-state index in [0.29, 0.717) is 0 Å². The molecule has 0 aliphatic heterocycles. The summed E-state index contributed by atoms with van der Waals surface area (Å²) in [5.74, 6) is 0.148. The number of rotatable bonds is 8. The van der Waals surface area contributed by atoms with E-state index in [1.165, 1.54) is 0 Å². The van der Waals surface area contributed by atoms with E-state index in [2.05, 4.69) is 168 Å². The molecule has 0 heterocycles. The van der Waals surface area contributed by atoms with Crippen molar-refractivity contribution in [3.8, 4) is 0 Å². The molecule has 6 aromatic carbocycles. The molecule has 0 N–H and O–H groups in total. The van der Waals surface area contributed by atoms with Gasteiger partial charge < -0.3 is 9.80 Å². The molecule has 6 aromatic rings. The first-order valence-corrected chi connectivity index (χ1v) is 16.2. The quantitative estimate of drug-likeness (QED) is 0.161. The lowest BCUT2D eigenvalue weighted by atomic mass is 9.87. The molecule has 1 saturated carbocycles. The Hall–Kier alpha value is -5.93. The highest BCUT2D eigenvalue weighted by molar-refractivity contribution is 6.14. The first kappa shape index (κ1) is 29.8. The smallest absolute Gasteiger partial charge is 0.185 e. The van der Waals surface area contributed by atoms with Crippen LogP contribution in [-0.4, -0.2) is 5.78 Å². The molecule has 7 rings (SSSR count). The highest BCUT2D eigenvalue weighted by Crippen LogP contribution is 2.36. The van der Waals surface area contributed by atoms with Crippen molar-refractivity contribution < 1.29 is 4.79 Å². The highest BCUT2D eigenvalue weighted by atomic mass is 16.1. The SMILES string of the molecule is O=C1/C(=C/c2ccc(N(c3ccccc3)c3ccccc3)cc2)CCC/C1=C\c1ccc(N(c2ccccc2)c2ccccc2)cc1. The molecule has 0 aromatic heterocycles. The molecular formula is C44H36N2O. The highest BCUT2D eigenvalue weighted by Gasteiger charge is 2.21. The third-order valence-electron chi connectivity index (χ3n) is 8.52. The summed E-state index contributed by atoms with van der Waals surface area (Å²) in [7, 11) is 0. The number of nitrogens with zero attached hydrogens (tertiary/aromatic N) is 2. The number of allylic oxidation sites excluding steroid dienone is 2. The van der Waals surface area contributed by atoms with Crippen LogP contribution in [0.25, 0.3) is 12.2 Å². The lowest BCUT2D eigenvalue weighted by Crippen LogP contribution is -2.12. The summed E-state index contributed by atoms with van der Waals surface area (Å²) in [6.07, 6.45) is 6.68. The standard InChI is InChI=1S/C44H36N2O/c47-44-36(32-34-24-28-42(29-25-34)45(38-16-5-1-6-17-38)39-18-7-2-8-19-39)14-13-15-37(44)33-35-26-30-43(31-27-35)46(40-20-9-3-10-21-40)41-22-11-4-12-23-41/h1-12,16-33H,13-15H2/b36-32+,37-33+. The van der Waals surface area contributed by atoms with Crippen LogP contribution < -0.4 is 9.80 Å². The van der Waals surface area contributed by atoms with E-state index in [4.69, 9.17) is 0 Å². The lowest BCUT2D eigenvalue weighted by molar-refractivity contribution is -0.112. The zero-order valence-corrected chi connectivity index (χ0v) is 26.2. The molecule has 0 radical (unpaired) electrons. The summed E-state index contributed by atoms with van der Waals surface area (Å²) >= 11 is 0. The van der Waals surface area contributed by atoms with Gasteiger partial charge in [-0.05, 0) is 115 Å². The molecule has 0 spiro atoms. The van der Waals surface area contributed by atoms with Crippen LogP contribution in [-0.2, 0) is 4.79 Å². The zero-order valence-electron chi connectivity index (χ0n) is 26.2. The molecule has 0 saturated heterocycles. The van der Waals surface area contributed by atoms with Crippen molar-refractivity contribution >= 4 is 52.1 Å². The Labute approximate surface area is 277 Å². The maximum Gasteiger partial charge on any atom is 0.185 e. The summed E-state index contributed by atoms with van der Waals surface area (Å²) in [5, 5.41) is 0. The Morgan fingerprint density at radius 2 is 0.638 bits per heavy atom. The van der Waals surface area contributed by atoms with Gasteiger partial charge in [0.05, 0.1) is 0 Å². The second kappa shape index (κ2) is 14.0. The van der Waals surface area contributed by atoms with Gasteiger partial charge in [0.1, 0.15) is 0 Å². The molecule has 3 nitrogen and oxygen atoms in total. The van der Waals surface area contributed by atoms with Gasteiger partial charge in [-0.25, -0.2) is 0 Å². The fourth-order valence-corrected chi connectivity index (χ4v) is 6.22. The zero-order chi connectivity index (χ0) is 31.8. The monoisotopic (exact) mass is 608 g/mol. The van der Waals surface area contributed by atoms with Crippen molar-refractivity contribution in [1.82, 2.24) is 0 Å². The Bertz CT molecular complexity index is 1760. The van der Waals surface area contributed by atoms with Crippen LogP contribution in [0.4, 0.5) is 34.1 Å². The van der Waals surface area contributed by atoms with Crippen LogP contribution in [0.5, 0.6) is 0 Å². The number of benzene rings is 6. The number of hydrogen-bond donors (Lipinski definition) is 0. The van der Waals surface area contributed by atoms with Crippen LogP contribution in [0.1, 0.15) is 30.4 Å². The minimum absolute atomic E-state index is 0.148. The van der Waals surface area contributed by atoms with Crippen molar-refractivity contribution in [2.24, 2.45) is 0 Å². The minimum Gasteiger partial charge on any atom is -0.311 e. The molecule has 3 heteroatoms. The summed E-state index contributed by atoms with van der Waals surface area (Å²) in [5.41, 5.74) is 10.3. The number of anilines is 6. The van der Waals surface area contributed by atoms with Crippen LogP contribution in [0.3, 0.4) is 0 Å². The van der Waals surface area contributed by atoms with Gasteiger partial charge in [-0.2, -0.15) is 0 Å². The summed E-state index contributed by atoms with van der Waals surface area (Å²) in [6.45, 7) is 0. The third-order valence-corrected chi connectivity index (χ3v) is 8.52. The van der Waals surface area contributed by atoms with E-state index in [0.717, 1.165) is 75.7 Å². The van der Waals surface area contributed by atoms with Gasteiger partial charge >= 0.3 is 0 Å². The largest absolute Gasteiger partial charge is 0.311 e. The third kappa shape index (κ3) is 6.85. The molecule has 1 aliphatic rings. The van der Waals surface area contributed by atoms with Gasteiger partial charge in [0.2, 0.25) is 0 Å². The van der Waals surface area contributed by atoms with Crippen LogP contribution in [0, 0.1) is 0 Å². The maximum atomic E-state index is 13.7. The predicted molar refractivity (Wildman–Crippen MR) is 197 cm³/mol. The van der Waals surface area contributed by atoms with E-state index >= 15 is 0 Å². The van der Waals surface area contributed by atoms with Crippen molar-refractivity contribution in [1.29, 1.82) is 0 Å². The Morgan fingerprint density at radius 3 is 0.936 bits per heavy atom. The number of ketones is 1. The first-order chi connectivity index (χ1) is 23.2. The van der Waals surface area contributed by atoms with Gasteiger partial charge in [0, 0.05) is 45.3 Å². The predicted octanol–water partition coefficient (Wildman–Crippen LogP) is 11.8. The van der Waals surface area contributed by atoms with Gasteiger partial charge in [0.15, 0.2) is 5.78 Å². The average molecular weight is 609 g/mol. The molecule has 0 bridgehead atoms. The second-order valence-electron chi connectivity index (χ2n) is 11.7. The Morgan fingerprint density at radius 1 is 0.362 bits per heavy atom. The van der Waals surface area contributed by atoms with Crippen molar-refractivity contribution in [2.75, 3.05) is 9.80 Å². The van der Waals surface area contributed by atoms with Gasteiger partial charge in [-0.1, -0.05) is 97.1 Å². The van der Waals surface area contributed by atoms with Crippen LogP contribution in [0.15, 0.2) is 181 Å². The minimum atomic E-state index is 0.148. The van der Waals surface area contributed by atoms with Crippen molar-refractivity contribution in [2.45, 2.75) is 19.3 Å². The van der Waals surface area contributed by atoms with Crippen LogP contribution in [0.2, 0.25) is 0 Å². The van der Waals surface area contributed by atoms with Gasteiger partial charge in [0.25, 0.3) is 0 Å². The van der Waals surface area contributed by atoms with Gasteiger partial charge in [-0.15, -0.1) is 0 Å². The Kier molecular flexibility index (Phi) is 8.87. The molecule has 1 fully saturated rings. The average Bonchev–Trinajstić information content (AvgIpc) is 3.13. The fraction of sp³-hybridized carbons (Fsp3) is 0.0682. The summed E-state index contributed by atoms with van der Waals surface area (Å²) < 4.78 is 0. The van der Waals surface area contributed by atoms with E-state index in [1.807, 2.05) is 24.3 Å². The number of carbonyl (C=O) groups excluding carboxylic acids is 1. The van der Waals surface area contributed by atoms with E-state index in [9.17, 15) is 4.79 Å². The van der Waals surface area contributed by atoms with Gasteiger partial charge in [-0.3, -0.25) is 4.79 Å². The number of para-hydroxylation sites is 4.